The molecule has 0 bridgehead atoms. The second-order valence-corrected chi connectivity index (χ2v) is 5.20. The molecule has 102 valence electrons. The molecule has 0 aromatic carbocycles. The van der Waals surface area contributed by atoms with Crippen LogP contribution >= 0.6 is 15.9 Å². The van der Waals surface area contributed by atoms with E-state index in [-0.39, 0.29) is 11.9 Å². The first-order valence-electron chi connectivity index (χ1n) is 5.99. The number of carbonyl (C=O) groups is 1. The van der Waals surface area contributed by atoms with Crippen LogP contribution < -0.4 is 10.1 Å². The van der Waals surface area contributed by atoms with Crippen LogP contribution in [0.25, 0.3) is 5.65 Å². The van der Waals surface area contributed by atoms with Crippen molar-refractivity contribution in [3.8, 4) is 5.75 Å². The average molecular weight is 326 g/mol. The van der Waals surface area contributed by atoms with Gasteiger partial charge in [-0.1, -0.05) is 0 Å². The van der Waals surface area contributed by atoms with Crippen LogP contribution in [0.1, 0.15) is 19.5 Å². The Bertz CT molecular complexity index is 609. The highest BCUT2D eigenvalue weighted by Gasteiger charge is 2.14. The number of nitrogens with one attached hydrogen (secondary N) is 1. The Labute approximate surface area is 120 Å². The zero-order chi connectivity index (χ0) is 14.0. The number of aromatic nitrogens is 2. The number of halogens is 1. The van der Waals surface area contributed by atoms with Gasteiger partial charge in [-0.15, -0.1) is 0 Å². The summed E-state index contributed by atoms with van der Waals surface area (Å²) in [6, 6.07) is 3.79. The first kappa shape index (κ1) is 13.9. The maximum absolute atomic E-state index is 11.0. The van der Waals surface area contributed by atoms with Crippen molar-refractivity contribution in [1.29, 1.82) is 0 Å². The molecule has 0 fully saturated rings. The number of fused-ring (bicyclic) bond motifs is 1. The summed E-state index contributed by atoms with van der Waals surface area (Å²) in [4.78, 5) is 15.6. The molecule has 2 rings (SSSR count). The van der Waals surface area contributed by atoms with E-state index >= 15 is 0 Å². The molecule has 6 heteroatoms. The number of methoxy groups -OCH3 is 1. The molecule has 2 aromatic heterocycles. The molecule has 5 nitrogen and oxygen atoms in total. The fourth-order valence-corrected chi connectivity index (χ4v) is 2.54. The molecule has 1 N–H and O–H groups in total. The van der Waals surface area contributed by atoms with Gasteiger partial charge in [-0.05, 0) is 28.9 Å². The van der Waals surface area contributed by atoms with Crippen molar-refractivity contribution < 1.29 is 9.53 Å². The van der Waals surface area contributed by atoms with Crippen LogP contribution in [0.5, 0.6) is 5.75 Å². The van der Waals surface area contributed by atoms with E-state index in [9.17, 15) is 4.79 Å². The molecular weight excluding hydrogens is 310 g/mol. The fourth-order valence-electron chi connectivity index (χ4n) is 1.99. The zero-order valence-corrected chi connectivity index (χ0v) is 12.7. The molecule has 19 heavy (non-hydrogen) atoms. The third kappa shape index (κ3) is 3.07. The summed E-state index contributed by atoms with van der Waals surface area (Å²) in [5.74, 6) is 0.737. The minimum Gasteiger partial charge on any atom is -0.497 e. The van der Waals surface area contributed by atoms with Gasteiger partial charge >= 0.3 is 0 Å². The standard InChI is InChI=1S/C13H16BrN3O2/c1-8(15-9(2)18)6-11-13(14)17-5-4-10(19-3)7-12(17)16-11/h4-5,7-8H,6H2,1-3H3,(H,15,18). The Balaban J connectivity index is 2.28. The molecule has 0 aliphatic carbocycles. The van der Waals surface area contributed by atoms with Crippen LogP contribution in [0.3, 0.4) is 0 Å². The van der Waals surface area contributed by atoms with Gasteiger partial charge in [-0.2, -0.15) is 0 Å². The van der Waals surface area contributed by atoms with E-state index in [1.54, 1.807) is 7.11 Å². The largest absolute Gasteiger partial charge is 0.497 e. The van der Waals surface area contributed by atoms with Gasteiger partial charge < -0.3 is 10.1 Å². The number of hydrogen-bond donors (Lipinski definition) is 1. The first-order valence-corrected chi connectivity index (χ1v) is 6.78. The van der Waals surface area contributed by atoms with Crippen molar-refractivity contribution in [2.24, 2.45) is 0 Å². The molecule has 0 aliphatic rings. The Kier molecular flexibility index (Phi) is 4.09. The molecule has 2 heterocycles. The van der Waals surface area contributed by atoms with Crippen LogP contribution in [0.4, 0.5) is 0 Å². The molecule has 0 spiro atoms. The normalized spacial score (nSPS) is 12.4. The van der Waals surface area contributed by atoms with Crippen LogP contribution in [0, 0.1) is 0 Å². The lowest BCUT2D eigenvalue weighted by molar-refractivity contribution is -0.119. The van der Waals surface area contributed by atoms with Crippen molar-refractivity contribution in [2.45, 2.75) is 26.3 Å². The highest BCUT2D eigenvalue weighted by molar-refractivity contribution is 9.10. The Morgan fingerprint density at radius 3 is 3.00 bits per heavy atom. The van der Waals surface area contributed by atoms with Crippen molar-refractivity contribution in [2.75, 3.05) is 7.11 Å². The number of amides is 1. The van der Waals surface area contributed by atoms with Gasteiger partial charge in [-0.25, -0.2) is 4.98 Å². The second-order valence-electron chi connectivity index (χ2n) is 4.45. The van der Waals surface area contributed by atoms with E-state index in [0.29, 0.717) is 6.42 Å². The highest BCUT2D eigenvalue weighted by atomic mass is 79.9. The zero-order valence-electron chi connectivity index (χ0n) is 11.1. The smallest absolute Gasteiger partial charge is 0.217 e. The molecular formula is C13H16BrN3O2. The molecule has 1 unspecified atom stereocenters. The number of ether oxygens (including phenoxy) is 1. The molecule has 0 radical (unpaired) electrons. The van der Waals surface area contributed by atoms with Crippen LogP contribution in [-0.2, 0) is 11.2 Å². The van der Waals surface area contributed by atoms with Gasteiger partial charge in [0.2, 0.25) is 5.91 Å². The van der Waals surface area contributed by atoms with Gasteiger partial charge in [0.15, 0.2) is 0 Å². The van der Waals surface area contributed by atoms with E-state index < -0.39 is 0 Å². The summed E-state index contributed by atoms with van der Waals surface area (Å²) in [6.07, 6.45) is 2.57. The van der Waals surface area contributed by atoms with Crippen molar-refractivity contribution in [1.82, 2.24) is 14.7 Å². The molecule has 1 atom stereocenters. The lowest BCUT2D eigenvalue weighted by atomic mass is 10.2. The number of hydrogen-bond acceptors (Lipinski definition) is 3. The summed E-state index contributed by atoms with van der Waals surface area (Å²) >= 11 is 3.54. The number of rotatable bonds is 4. The van der Waals surface area contributed by atoms with Gasteiger partial charge in [0.05, 0.1) is 12.8 Å². The Morgan fingerprint density at radius 2 is 2.37 bits per heavy atom. The number of carbonyl (C=O) groups excluding carboxylic acids is 1. The predicted molar refractivity (Wildman–Crippen MR) is 76.4 cm³/mol. The molecule has 0 saturated heterocycles. The third-order valence-corrected chi connectivity index (χ3v) is 3.63. The van der Waals surface area contributed by atoms with E-state index in [0.717, 1.165) is 21.7 Å². The van der Waals surface area contributed by atoms with Crippen LogP contribution in [-0.4, -0.2) is 28.4 Å². The van der Waals surface area contributed by atoms with Gasteiger partial charge in [0.1, 0.15) is 16.0 Å². The van der Waals surface area contributed by atoms with Gasteiger partial charge in [0.25, 0.3) is 0 Å². The molecule has 0 saturated carbocycles. The number of nitrogens with zero attached hydrogens (tertiary/aromatic N) is 2. The number of imidazole rings is 1. The second kappa shape index (κ2) is 5.61. The summed E-state index contributed by atoms with van der Waals surface area (Å²) in [7, 11) is 1.63. The summed E-state index contributed by atoms with van der Waals surface area (Å²) in [5.41, 5.74) is 1.73. The molecule has 0 aliphatic heterocycles. The van der Waals surface area contributed by atoms with E-state index in [4.69, 9.17) is 4.74 Å². The monoisotopic (exact) mass is 325 g/mol. The number of pyridine rings is 1. The van der Waals surface area contributed by atoms with E-state index in [2.05, 4.69) is 26.2 Å². The lowest BCUT2D eigenvalue weighted by Crippen LogP contribution is -2.32. The highest BCUT2D eigenvalue weighted by Crippen LogP contribution is 2.23. The van der Waals surface area contributed by atoms with Crippen LogP contribution in [0.2, 0.25) is 0 Å². The topological polar surface area (TPSA) is 55.6 Å². The summed E-state index contributed by atoms with van der Waals surface area (Å²) < 4.78 is 8.03. The minimum atomic E-state index is -0.0333. The van der Waals surface area contributed by atoms with Crippen molar-refractivity contribution >= 4 is 27.5 Å². The van der Waals surface area contributed by atoms with E-state index in [1.165, 1.54) is 6.92 Å². The average Bonchev–Trinajstić information content (AvgIpc) is 2.64. The van der Waals surface area contributed by atoms with Crippen molar-refractivity contribution in [3.05, 3.63) is 28.6 Å². The fraction of sp³-hybridized carbons (Fsp3) is 0.385. The summed E-state index contributed by atoms with van der Waals surface area (Å²) in [6.45, 7) is 3.47. The van der Waals surface area contributed by atoms with Gasteiger partial charge in [-0.3, -0.25) is 9.20 Å². The molecule has 2 aromatic rings. The maximum atomic E-state index is 11.0. The SMILES string of the molecule is COc1ccn2c(Br)c(CC(C)NC(C)=O)nc2c1. The third-order valence-electron chi connectivity index (χ3n) is 2.79. The van der Waals surface area contributed by atoms with Gasteiger partial charge in [0, 0.05) is 31.6 Å². The molecule has 1 amide bonds. The van der Waals surface area contributed by atoms with E-state index in [1.807, 2.05) is 29.7 Å². The predicted octanol–water partition coefficient (Wildman–Crippen LogP) is 2.17. The first-order chi connectivity index (χ1) is 9.01. The Hall–Kier alpha value is -1.56. The minimum absolute atomic E-state index is 0.0333. The van der Waals surface area contributed by atoms with Crippen molar-refractivity contribution in [3.63, 3.8) is 0 Å². The van der Waals surface area contributed by atoms with Crippen LogP contribution in [0.15, 0.2) is 22.9 Å². The maximum Gasteiger partial charge on any atom is 0.217 e. The quantitative estimate of drug-likeness (QED) is 0.937. The Morgan fingerprint density at radius 1 is 1.63 bits per heavy atom. The summed E-state index contributed by atoms with van der Waals surface area (Å²) in [5, 5.41) is 2.85. The lowest BCUT2D eigenvalue weighted by Gasteiger charge is -2.10.